The molecule has 0 unspecified atom stereocenters. The summed E-state index contributed by atoms with van der Waals surface area (Å²) in [5.41, 5.74) is 0. The van der Waals surface area contributed by atoms with E-state index in [9.17, 15) is 9.59 Å². The van der Waals surface area contributed by atoms with Crippen molar-refractivity contribution in [3.63, 3.8) is 0 Å². The molecule has 0 aliphatic carbocycles. The molecule has 5 heteroatoms. The van der Waals surface area contributed by atoms with Gasteiger partial charge in [-0.1, -0.05) is 18.2 Å². The van der Waals surface area contributed by atoms with Gasteiger partial charge >= 0.3 is 5.97 Å². The lowest BCUT2D eigenvalue weighted by Crippen LogP contribution is -2.31. The minimum Gasteiger partial charge on any atom is -0.493 e. The van der Waals surface area contributed by atoms with Crippen molar-refractivity contribution in [2.24, 2.45) is 0 Å². The van der Waals surface area contributed by atoms with E-state index in [4.69, 9.17) is 4.74 Å². The fourth-order valence-electron chi connectivity index (χ4n) is 1.25. The zero-order valence-electron chi connectivity index (χ0n) is 10.3. The van der Waals surface area contributed by atoms with E-state index >= 15 is 0 Å². The maximum Gasteiger partial charge on any atom is 0.325 e. The standard InChI is InChI=1S/C13H17NO4/c1-2-17-13(16)10-14-12(15)8-9-18-11-6-4-3-5-7-11/h3-7H,2,8-10H2,1H3,(H,14,15). The Morgan fingerprint density at radius 3 is 2.61 bits per heavy atom. The summed E-state index contributed by atoms with van der Waals surface area (Å²) in [6.07, 6.45) is 0.203. The van der Waals surface area contributed by atoms with Crippen molar-refractivity contribution >= 4 is 11.9 Å². The molecule has 0 fully saturated rings. The molecule has 5 nitrogen and oxygen atoms in total. The van der Waals surface area contributed by atoms with Crippen LogP contribution in [0.1, 0.15) is 13.3 Å². The van der Waals surface area contributed by atoms with Crippen LogP contribution in [0.5, 0.6) is 5.75 Å². The maximum absolute atomic E-state index is 11.3. The van der Waals surface area contributed by atoms with Gasteiger partial charge in [-0.05, 0) is 19.1 Å². The van der Waals surface area contributed by atoms with Gasteiger partial charge in [-0.3, -0.25) is 9.59 Å². The minimum absolute atomic E-state index is 0.0992. The molecule has 1 aromatic carbocycles. The van der Waals surface area contributed by atoms with Gasteiger partial charge in [0.15, 0.2) is 0 Å². The number of esters is 1. The van der Waals surface area contributed by atoms with E-state index in [0.717, 1.165) is 5.75 Å². The van der Waals surface area contributed by atoms with E-state index in [1.807, 2.05) is 30.3 Å². The van der Waals surface area contributed by atoms with Gasteiger partial charge in [-0.2, -0.15) is 0 Å². The van der Waals surface area contributed by atoms with Crippen molar-refractivity contribution in [3.8, 4) is 5.75 Å². The zero-order valence-corrected chi connectivity index (χ0v) is 10.3. The molecule has 1 amide bonds. The third-order valence-electron chi connectivity index (χ3n) is 2.08. The second-order valence-electron chi connectivity index (χ2n) is 3.49. The average molecular weight is 251 g/mol. The Bertz CT molecular complexity index is 378. The SMILES string of the molecule is CCOC(=O)CNC(=O)CCOc1ccccc1. The molecule has 1 aromatic rings. The monoisotopic (exact) mass is 251 g/mol. The summed E-state index contributed by atoms with van der Waals surface area (Å²) in [4.78, 5) is 22.3. The number of hydrogen-bond acceptors (Lipinski definition) is 4. The van der Waals surface area contributed by atoms with E-state index in [0.29, 0.717) is 6.61 Å². The van der Waals surface area contributed by atoms with Gasteiger partial charge in [-0.25, -0.2) is 0 Å². The Labute approximate surface area is 106 Å². The van der Waals surface area contributed by atoms with Crippen molar-refractivity contribution in [1.29, 1.82) is 0 Å². The lowest BCUT2D eigenvalue weighted by atomic mass is 10.3. The van der Waals surface area contributed by atoms with Gasteiger partial charge in [0.05, 0.1) is 19.6 Å². The molecular weight excluding hydrogens is 234 g/mol. The molecule has 98 valence electrons. The number of amides is 1. The van der Waals surface area contributed by atoms with E-state index < -0.39 is 5.97 Å². The Balaban J connectivity index is 2.12. The number of benzene rings is 1. The van der Waals surface area contributed by atoms with E-state index in [1.54, 1.807) is 6.92 Å². The summed E-state index contributed by atoms with van der Waals surface area (Å²) in [5, 5.41) is 2.46. The number of para-hydroxylation sites is 1. The van der Waals surface area contributed by atoms with Crippen molar-refractivity contribution in [1.82, 2.24) is 5.32 Å². The molecule has 18 heavy (non-hydrogen) atoms. The number of rotatable bonds is 7. The summed E-state index contributed by atoms with van der Waals surface area (Å²) in [5.74, 6) is 0.0458. The lowest BCUT2D eigenvalue weighted by Gasteiger charge is -2.06. The summed E-state index contributed by atoms with van der Waals surface area (Å²) in [6, 6.07) is 9.23. The van der Waals surface area contributed by atoms with Crippen LogP contribution in [0.2, 0.25) is 0 Å². The van der Waals surface area contributed by atoms with Crippen LogP contribution in [0.15, 0.2) is 30.3 Å². The Morgan fingerprint density at radius 2 is 1.94 bits per heavy atom. The van der Waals surface area contributed by atoms with Gasteiger partial charge < -0.3 is 14.8 Å². The number of carbonyl (C=O) groups is 2. The van der Waals surface area contributed by atoms with E-state index in [2.05, 4.69) is 10.1 Å². The molecular formula is C13H17NO4. The van der Waals surface area contributed by atoms with Crippen LogP contribution >= 0.6 is 0 Å². The van der Waals surface area contributed by atoms with Gasteiger partial charge in [-0.15, -0.1) is 0 Å². The molecule has 0 aliphatic rings. The fraction of sp³-hybridized carbons (Fsp3) is 0.385. The quantitative estimate of drug-likeness (QED) is 0.738. The topological polar surface area (TPSA) is 64.6 Å². The van der Waals surface area contributed by atoms with Crippen LogP contribution in [0, 0.1) is 0 Å². The smallest absolute Gasteiger partial charge is 0.325 e. The Morgan fingerprint density at radius 1 is 1.22 bits per heavy atom. The summed E-state index contributed by atoms with van der Waals surface area (Å²) < 4.78 is 10.0. The van der Waals surface area contributed by atoms with Crippen LogP contribution in [0.3, 0.4) is 0 Å². The number of ether oxygens (including phenoxy) is 2. The highest BCUT2D eigenvalue weighted by atomic mass is 16.5. The highest BCUT2D eigenvalue weighted by Crippen LogP contribution is 2.08. The molecule has 1 rings (SSSR count). The van der Waals surface area contributed by atoms with Crippen molar-refractivity contribution in [3.05, 3.63) is 30.3 Å². The molecule has 0 saturated heterocycles. The van der Waals surface area contributed by atoms with Crippen molar-refractivity contribution in [2.75, 3.05) is 19.8 Å². The molecule has 0 spiro atoms. The van der Waals surface area contributed by atoms with Gasteiger partial charge in [0, 0.05) is 0 Å². The molecule has 0 heterocycles. The third kappa shape index (κ3) is 5.89. The Hall–Kier alpha value is -2.04. The van der Waals surface area contributed by atoms with Crippen LogP contribution < -0.4 is 10.1 Å². The molecule has 0 bridgehead atoms. The second kappa shape index (κ2) is 8.11. The number of hydrogen-bond donors (Lipinski definition) is 1. The lowest BCUT2D eigenvalue weighted by molar-refractivity contribution is -0.143. The number of carbonyl (C=O) groups excluding carboxylic acids is 2. The first-order valence-corrected chi connectivity index (χ1v) is 5.82. The van der Waals surface area contributed by atoms with Crippen LogP contribution in [-0.2, 0) is 14.3 Å². The second-order valence-corrected chi connectivity index (χ2v) is 3.49. The van der Waals surface area contributed by atoms with Gasteiger partial charge in [0.2, 0.25) is 5.91 Å². The van der Waals surface area contributed by atoms with Gasteiger partial charge in [0.1, 0.15) is 12.3 Å². The normalized spacial score (nSPS) is 9.61. The molecule has 1 N–H and O–H groups in total. The molecule has 0 aromatic heterocycles. The largest absolute Gasteiger partial charge is 0.493 e. The van der Waals surface area contributed by atoms with Crippen LogP contribution in [-0.4, -0.2) is 31.6 Å². The summed E-state index contributed by atoms with van der Waals surface area (Å²) in [6.45, 7) is 2.20. The predicted octanol–water partition coefficient (Wildman–Crippen LogP) is 1.13. The predicted molar refractivity (Wildman–Crippen MR) is 66.2 cm³/mol. The highest BCUT2D eigenvalue weighted by Gasteiger charge is 2.05. The first-order valence-electron chi connectivity index (χ1n) is 5.82. The van der Waals surface area contributed by atoms with E-state index in [1.165, 1.54) is 0 Å². The Kier molecular flexibility index (Phi) is 6.32. The number of nitrogens with one attached hydrogen (secondary N) is 1. The zero-order chi connectivity index (χ0) is 13.2. The fourth-order valence-corrected chi connectivity index (χ4v) is 1.25. The minimum atomic E-state index is -0.435. The molecule has 0 atom stereocenters. The van der Waals surface area contributed by atoms with Crippen LogP contribution in [0.25, 0.3) is 0 Å². The van der Waals surface area contributed by atoms with Crippen molar-refractivity contribution in [2.45, 2.75) is 13.3 Å². The first-order chi connectivity index (χ1) is 8.72. The summed E-state index contributed by atoms with van der Waals surface area (Å²) in [7, 11) is 0. The third-order valence-corrected chi connectivity index (χ3v) is 2.08. The average Bonchev–Trinajstić information content (AvgIpc) is 2.38. The first kappa shape index (κ1) is 14.0. The van der Waals surface area contributed by atoms with E-state index in [-0.39, 0.29) is 25.5 Å². The molecule has 0 saturated carbocycles. The maximum atomic E-state index is 11.3. The molecule has 0 radical (unpaired) electrons. The van der Waals surface area contributed by atoms with Crippen LogP contribution in [0.4, 0.5) is 0 Å². The molecule has 0 aliphatic heterocycles. The summed E-state index contributed by atoms with van der Waals surface area (Å²) >= 11 is 0. The van der Waals surface area contributed by atoms with Crippen molar-refractivity contribution < 1.29 is 19.1 Å². The highest BCUT2D eigenvalue weighted by molar-refractivity contribution is 5.81. The van der Waals surface area contributed by atoms with Gasteiger partial charge in [0.25, 0.3) is 0 Å².